The van der Waals surface area contributed by atoms with Gasteiger partial charge < -0.3 is 14.8 Å². The number of hydrogen-bond donors (Lipinski definition) is 1. The Morgan fingerprint density at radius 2 is 2.09 bits per heavy atom. The van der Waals surface area contributed by atoms with E-state index in [2.05, 4.69) is 27.9 Å². The largest absolute Gasteiger partial charge is 0.490 e. The Kier molecular flexibility index (Phi) is 4.99. The first-order valence-electron chi connectivity index (χ1n) is 7.12. The lowest BCUT2D eigenvalue weighted by Gasteiger charge is -2.23. The summed E-state index contributed by atoms with van der Waals surface area (Å²) in [5, 5.41) is 2.88. The third kappa shape index (κ3) is 4.86. The predicted molar refractivity (Wildman–Crippen MR) is 91.4 cm³/mol. The number of rotatable bonds is 5. The zero-order valence-corrected chi connectivity index (χ0v) is 15.1. The summed E-state index contributed by atoms with van der Waals surface area (Å²) >= 11 is 2.16. The monoisotopic (exact) mass is 417 g/mol. The molecule has 1 amide bonds. The minimum absolute atomic E-state index is 0.359. The fourth-order valence-electron chi connectivity index (χ4n) is 1.90. The van der Waals surface area contributed by atoms with Crippen LogP contribution in [0, 0.1) is 3.57 Å². The third-order valence-corrected chi connectivity index (χ3v) is 4.11. The SMILES string of the molecule is CC(C)(C)OC(=O)NC1(COc2cc(C=O)ccc2I)CC1. The number of benzene rings is 1. The van der Waals surface area contributed by atoms with Gasteiger partial charge in [-0.3, -0.25) is 4.79 Å². The van der Waals surface area contributed by atoms with E-state index >= 15 is 0 Å². The molecule has 0 aliphatic heterocycles. The second-order valence-corrected chi connectivity index (χ2v) is 7.67. The molecular formula is C16H20INO4. The van der Waals surface area contributed by atoms with Gasteiger partial charge in [0, 0.05) is 5.56 Å². The van der Waals surface area contributed by atoms with Crippen LogP contribution in [0.2, 0.25) is 0 Å². The van der Waals surface area contributed by atoms with Crippen LogP contribution in [-0.4, -0.2) is 30.1 Å². The van der Waals surface area contributed by atoms with Crippen LogP contribution in [0.5, 0.6) is 5.75 Å². The van der Waals surface area contributed by atoms with Crippen molar-refractivity contribution >= 4 is 35.0 Å². The van der Waals surface area contributed by atoms with E-state index in [1.165, 1.54) is 0 Å². The van der Waals surface area contributed by atoms with Crippen molar-refractivity contribution in [2.24, 2.45) is 0 Å². The van der Waals surface area contributed by atoms with Crippen LogP contribution >= 0.6 is 22.6 Å². The van der Waals surface area contributed by atoms with Crippen LogP contribution in [0.4, 0.5) is 4.79 Å². The summed E-state index contributed by atoms with van der Waals surface area (Å²) in [6.45, 7) is 5.85. The van der Waals surface area contributed by atoms with Crippen molar-refractivity contribution in [1.29, 1.82) is 0 Å². The summed E-state index contributed by atoms with van der Waals surface area (Å²) in [4.78, 5) is 22.7. The van der Waals surface area contributed by atoms with E-state index in [9.17, 15) is 9.59 Å². The lowest BCUT2D eigenvalue weighted by atomic mass is 10.2. The van der Waals surface area contributed by atoms with Crippen molar-refractivity contribution in [3.05, 3.63) is 27.3 Å². The van der Waals surface area contributed by atoms with E-state index < -0.39 is 11.7 Å². The number of alkyl carbamates (subject to hydrolysis) is 1. The molecule has 1 aliphatic carbocycles. The lowest BCUT2D eigenvalue weighted by Crippen LogP contribution is -2.44. The Morgan fingerprint density at radius 1 is 1.41 bits per heavy atom. The third-order valence-electron chi connectivity index (χ3n) is 3.21. The Balaban J connectivity index is 1.94. The van der Waals surface area contributed by atoms with E-state index in [4.69, 9.17) is 9.47 Å². The first-order valence-corrected chi connectivity index (χ1v) is 8.20. The van der Waals surface area contributed by atoms with Gasteiger partial charge in [-0.2, -0.15) is 0 Å². The van der Waals surface area contributed by atoms with Crippen LogP contribution in [0.15, 0.2) is 18.2 Å². The van der Waals surface area contributed by atoms with E-state index in [1.807, 2.05) is 26.8 Å². The predicted octanol–water partition coefficient (Wildman–Crippen LogP) is 3.54. The molecule has 1 N–H and O–H groups in total. The number of halogens is 1. The average Bonchev–Trinajstić information content (AvgIpc) is 3.15. The zero-order valence-electron chi connectivity index (χ0n) is 12.9. The minimum Gasteiger partial charge on any atom is -0.490 e. The molecule has 120 valence electrons. The highest BCUT2D eigenvalue weighted by Crippen LogP contribution is 2.37. The maximum atomic E-state index is 11.9. The Morgan fingerprint density at radius 3 is 2.64 bits per heavy atom. The van der Waals surface area contributed by atoms with Gasteiger partial charge in [0.15, 0.2) is 0 Å². The van der Waals surface area contributed by atoms with Crippen LogP contribution in [0.25, 0.3) is 0 Å². The zero-order chi connectivity index (χ0) is 16.4. The van der Waals surface area contributed by atoms with Gasteiger partial charge in [0.25, 0.3) is 0 Å². The summed E-state index contributed by atoms with van der Waals surface area (Å²) in [5.74, 6) is 0.655. The second kappa shape index (κ2) is 6.44. The van der Waals surface area contributed by atoms with Crippen molar-refractivity contribution in [1.82, 2.24) is 5.32 Å². The molecule has 6 heteroatoms. The van der Waals surface area contributed by atoms with Gasteiger partial charge in [0.05, 0.1) is 9.11 Å². The highest BCUT2D eigenvalue weighted by Gasteiger charge is 2.46. The standard InChI is InChI=1S/C16H20INO4/c1-15(2,3)22-14(20)18-16(6-7-16)10-21-13-8-11(9-19)4-5-12(13)17/h4-5,8-9H,6-7,10H2,1-3H3,(H,18,20). The van der Waals surface area contributed by atoms with Crippen molar-refractivity contribution in [2.45, 2.75) is 44.8 Å². The molecule has 1 aromatic rings. The second-order valence-electron chi connectivity index (χ2n) is 6.50. The smallest absolute Gasteiger partial charge is 0.408 e. The quantitative estimate of drug-likeness (QED) is 0.588. The average molecular weight is 417 g/mol. The lowest BCUT2D eigenvalue weighted by molar-refractivity contribution is 0.0477. The Hall–Kier alpha value is -1.31. The van der Waals surface area contributed by atoms with E-state index in [1.54, 1.807) is 12.1 Å². The minimum atomic E-state index is -0.519. The molecule has 1 saturated carbocycles. The molecular weight excluding hydrogens is 397 g/mol. The van der Waals surface area contributed by atoms with Gasteiger partial charge >= 0.3 is 6.09 Å². The number of ether oxygens (including phenoxy) is 2. The van der Waals surface area contributed by atoms with Gasteiger partial charge in [-0.25, -0.2) is 4.79 Å². The number of hydrogen-bond acceptors (Lipinski definition) is 4. The summed E-state index contributed by atoms with van der Waals surface area (Å²) < 4.78 is 12.0. The molecule has 0 atom stereocenters. The maximum absolute atomic E-state index is 11.9. The molecule has 5 nitrogen and oxygen atoms in total. The van der Waals surface area contributed by atoms with Crippen molar-refractivity contribution in [3.8, 4) is 5.75 Å². The van der Waals surface area contributed by atoms with Crippen molar-refractivity contribution in [2.75, 3.05) is 6.61 Å². The van der Waals surface area contributed by atoms with Crippen molar-refractivity contribution in [3.63, 3.8) is 0 Å². The first kappa shape index (κ1) is 17.1. The van der Waals surface area contributed by atoms with Gasteiger partial charge in [0.1, 0.15) is 24.2 Å². The van der Waals surface area contributed by atoms with Crippen LogP contribution in [-0.2, 0) is 4.74 Å². The molecule has 0 spiro atoms. The molecule has 0 unspecified atom stereocenters. The summed E-state index contributed by atoms with van der Waals surface area (Å²) in [6, 6.07) is 5.28. The maximum Gasteiger partial charge on any atom is 0.408 e. The van der Waals surface area contributed by atoms with Crippen LogP contribution in [0.3, 0.4) is 0 Å². The van der Waals surface area contributed by atoms with Gasteiger partial charge in [-0.05, 0) is 68.3 Å². The molecule has 1 aliphatic rings. The molecule has 1 fully saturated rings. The number of carbonyl (C=O) groups excluding carboxylic acids is 2. The van der Waals surface area contributed by atoms with E-state index in [-0.39, 0.29) is 5.54 Å². The molecule has 2 rings (SSSR count). The van der Waals surface area contributed by atoms with E-state index in [0.717, 1.165) is 22.7 Å². The number of aldehydes is 1. The van der Waals surface area contributed by atoms with Crippen LogP contribution < -0.4 is 10.1 Å². The Labute approximate surface area is 143 Å². The van der Waals surface area contributed by atoms with Gasteiger partial charge in [-0.1, -0.05) is 6.07 Å². The molecule has 1 aromatic carbocycles. The summed E-state index contributed by atoms with van der Waals surface area (Å²) in [6.07, 6.45) is 2.08. The highest BCUT2D eigenvalue weighted by atomic mass is 127. The molecule has 22 heavy (non-hydrogen) atoms. The highest BCUT2D eigenvalue weighted by molar-refractivity contribution is 14.1. The van der Waals surface area contributed by atoms with Crippen LogP contribution in [0.1, 0.15) is 44.0 Å². The van der Waals surface area contributed by atoms with Gasteiger partial charge in [-0.15, -0.1) is 0 Å². The normalized spacial score (nSPS) is 15.8. The van der Waals surface area contributed by atoms with Gasteiger partial charge in [0.2, 0.25) is 0 Å². The number of carbonyl (C=O) groups is 2. The molecule has 0 radical (unpaired) electrons. The first-order chi connectivity index (χ1) is 10.2. The molecule has 0 saturated heterocycles. The number of amides is 1. The van der Waals surface area contributed by atoms with E-state index in [0.29, 0.717) is 17.9 Å². The summed E-state index contributed by atoms with van der Waals surface area (Å²) in [7, 11) is 0. The number of nitrogens with one attached hydrogen (secondary N) is 1. The van der Waals surface area contributed by atoms with Crippen molar-refractivity contribution < 1.29 is 19.1 Å². The Bertz CT molecular complexity index is 576. The molecule has 0 bridgehead atoms. The fourth-order valence-corrected chi connectivity index (χ4v) is 2.39. The molecule has 0 heterocycles. The fraction of sp³-hybridized carbons (Fsp3) is 0.500. The summed E-state index contributed by atoms with van der Waals surface area (Å²) in [5.41, 5.74) is -0.308. The topological polar surface area (TPSA) is 64.6 Å². The molecule has 0 aromatic heterocycles.